The minimum atomic E-state index is -0.0424. The monoisotopic (exact) mass is 255 g/mol. The summed E-state index contributed by atoms with van der Waals surface area (Å²) in [5.41, 5.74) is 2.66. The molecule has 0 atom stereocenters. The van der Waals surface area contributed by atoms with Crippen LogP contribution in [-0.4, -0.2) is 25.7 Å². The van der Waals surface area contributed by atoms with Crippen molar-refractivity contribution < 1.29 is 4.79 Å². The van der Waals surface area contributed by atoms with E-state index in [1.54, 1.807) is 18.7 Å². The molecule has 0 aliphatic heterocycles. The zero-order valence-electron chi connectivity index (χ0n) is 10.2. The Bertz CT molecular complexity index is 686. The van der Waals surface area contributed by atoms with E-state index in [1.165, 1.54) is 0 Å². The van der Waals surface area contributed by atoms with Gasteiger partial charge >= 0.3 is 0 Å². The van der Waals surface area contributed by atoms with E-state index >= 15 is 0 Å². The Morgan fingerprint density at radius 1 is 1.37 bits per heavy atom. The molecule has 6 heteroatoms. The number of hydrogen-bond donors (Lipinski definition) is 2. The minimum Gasteiger partial charge on any atom is -0.330 e. The molecule has 2 N–H and O–H groups in total. The molecule has 1 aromatic carbocycles. The average molecular weight is 255 g/mol. The summed E-state index contributed by atoms with van der Waals surface area (Å²) in [6.45, 7) is 0.601. The fourth-order valence-corrected chi connectivity index (χ4v) is 1.95. The van der Waals surface area contributed by atoms with Crippen molar-refractivity contribution in [1.82, 2.24) is 19.7 Å². The molecule has 3 aromatic rings. The van der Waals surface area contributed by atoms with Crippen LogP contribution >= 0.6 is 0 Å². The van der Waals surface area contributed by atoms with Gasteiger partial charge < -0.3 is 9.88 Å². The second-order valence-corrected chi connectivity index (χ2v) is 4.21. The lowest BCUT2D eigenvalue weighted by atomic mass is 10.3. The highest BCUT2D eigenvalue weighted by Crippen LogP contribution is 2.12. The summed E-state index contributed by atoms with van der Waals surface area (Å²) in [6.07, 6.45) is 5.37. The molecule has 3 rings (SSSR count). The Kier molecular flexibility index (Phi) is 2.97. The highest BCUT2D eigenvalue weighted by molar-refractivity contribution is 5.90. The fraction of sp³-hybridized carbons (Fsp3) is 0.154. The maximum absolute atomic E-state index is 11.8. The molecule has 19 heavy (non-hydrogen) atoms. The van der Waals surface area contributed by atoms with Gasteiger partial charge in [-0.05, 0) is 12.1 Å². The van der Waals surface area contributed by atoms with Crippen molar-refractivity contribution in [2.75, 3.05) is 5.32 Å². The maximum atomic E-state index is 11.8. The van der Waals surface area contributed by atoms with Crippen LogP contribution in [0.1, 0.15) is 6.42 Å². The van der Waals surface area contributed by atoms with Gasteiger partial charge in [-0.3, -0.25) is 9.89 Å². The van der Waals surface area contributed by atoms with Gasteiger partial charge in [-0.1, -0.05) is 12.1 Å². The molecule has 0 saturated heterocycles. The lowest BCUT2D eigenvalue weighted by Crippen LogP contribution is -2.13. The number of hydrogen-bond acceptors (Lipinski definition) is 3. The van der Waals surface area contributed by atoms with Crippen molar-refractivity contribution in [2.24, 2.45) is 0 Å². The Morgan fingerprint density at radius 3 is 3.11 bits per heavy atom. The molecular formula is C13H13N5O. The number of carbonyl (C=O) groups excluding carboxylic acids is 1. The Labute approximate surface area is 109 Å². The van der Waals surface area contributed by atoms with E-state index in [1.807, 2.05) is 28.8 Å². The van der Waals surface area contributed by atoms with Crippen molar-refractivity contribution in [1.29, 1.82) is 0 Å². The van der Waals surface area contributed by atoms with Gasteiger partial charge in [0, 0.05) is 19.2 Å². The first-order valence-electron chi connectivity index (χ1n) is 6.01. The van der Waals surface area contributed by atoms with Gasteiger partial charge in [0.2, 0.25) is 5.91 Å². The molecule has 0 fully saturated rings. The number of aryl methyl sites for hydroxylation is 1. The molecule has 0 unspecified atom stereocenters. The van der Waals surface area contributed by atoms with E-state index in [-0.39, 0.29) is 5.91 Å². The van der Waals surface area contributed by atoms with Gasteiger partial charge in [0.05, 0.1) is 29.2 Å². The molecule has 0 bridgehead atoms. The second kappa shape index (κ2) is 4.93. The van der Waals surface area contributed by atoms with E-state index < -0.39 is 0 Å². The minimum absolute atomic E-state index is 0.0424. The van der Waals surface area contributed by atoms with Crippen LogP contribution in [0, 0.1) is 0 Å². The van der Waals surface area contributed by atoms with Crippen LogP contribution in [-0.2, 0) is 11.3 Å². The standard InChI is InChI=1S/C13H13N5O/c19-13(17-10-7-15-16-8-10)5-6-18-9-14-11-3-1-2-4-12(11)18/h1-4,7-9H,5-6H2,(H,15,16)(H,17,19). The molecular weight excluding hydrogens is 242 g/mol. The summed E-state index contributed by atoms with van der Waals surface area (Å²) in [6, 6.07) is 7.87. The first-order valence-corrected chi connectivity index (χ1v) is 6.01. The molecule has 6 nitrogen and oxygen atoms in total. The molecule has 2 heterocycles. The lowest BCUT2D eigenvalue weighted by molar-refractivity contribution is -0.116. The number of nitrogens with zero attached hydrogens (tertiary/aromatic N) is 3. The summed E-state index contributed by atoms with van der Waals surface area (Å²) in [5, 5.41) is 9.19. The molecule has 96 valence electrons. The van der Waals surface area contributed by atoms with Crippen LogP contribution in [0.15, 0.2) is 43.0 Å². The number of rotatable bonds is 4. The third-order valence-corrected chi connectivity index (χ3v) is 2.89. The molecule has 0 aliphatic rings. The van der Waals surface area contributed by atoms with E-state index in [0.717, 1.165) is 11.0 Å². The zero-order chi connectivity index (χ0) is 13.1. The van der Waals surface area contributed by atoms with E-state index in [0.29, 0.717) is 18.7 Å². The van der Waals surface area contributed by atoms with Gasteiger partial charge in [-0.2, -0.15) is 5.10 Å². The van der Waals surface area contributed by atoms with Crippen LogP contribution in [0.3, 0.4) is 0 Å². The number of aromatic amines is 1. The van der Waals surface area contributed by atoms with E-state index in [9.17, 15) is 4.79 Å². The predicted octanol–water partition coefficient (Wildman–Crippen LogP) is 1.79. The normalized spacial score (nSPS) is 10.7. The summed E-state index contributed by atoms with van der Waals surface area (Å²) in [5.74, 6) is -0.0424. The number of H-pyrrole nitrogens is 1. The number of benzene rings is 1. The number of carbonyl (C=O) groups is 1. The summed E-state index contributed by atoms with van der Waals surface area (Å²) < 4.78 is 1.98. The van der Waals surface area contributed by atoms with Crippen molar-refractivity contribution in [3.8, 4) is 0 Å². The second-order valence-electron chi connectivity index (χ2n) is 4.21. The number of nitrogens with one attached hydrogen (secondary N) is 2. The molecule has 0 spiro atoms. The molecule has 0 radical (unpaired) electrons. The van der Waals surface area contributed by atoms with E-state index in [2.05, 4.69) is 20.5 Å². The lowest BCUT2D eigenvalue weighted by Gasteiger charge is -2.04. The van der Waals surface area contributed by atoms with Gasteiger partial charge in [-0.15, -0.1) is 0 Å². The molecule has 2 aromatic heterocycles. The third-order valence-electron chi connectivity index (χ3n) is 2.89. The third kappa shape index (κ3) is 2.47. The number of aromatic nitrogens is 4. The van der Waals surface area contributed by atoms with Crippen molar-refractivity contribution in [2.45, 2.75) is 13.0 Å². The Morgan fingerprint density at radius 2 is 2.26 bits per heavy atom. The number of anilines is 1. The van der Waals surface area contributed by atoms with Gasteiger partial charge in [0.1, 0.15) is 0 Å². The molecule has 0 saturated carbocycles. The number of amides is 1. The van der Waals surface area contributed by atoms with Crippen LogP contribution in [0.2, 0.25) is 0 Å². The molecule has 0 aliphatic carbocycles. The van der Waals surface area contributed by atoms with Crippen LogP contribution in [0.5, 0.6) is 0 Å². The number of fused-ring (bicyclic) bond motifs is 1. The van der Waals surface area contributed by atoms with Crippen molar-refractivity contribution >= 4 is 22.6 Å². The smallest absolute Gasteiger partial charge is 0.226 e. The SMILES string of the molecule is O=C(CCn1cnc2ccccc21)Nc1cn[nH]c1. The van der Waals surface area contributed by atoms with E-state index in [4.69, 9.17) is 0 Å². The summed E-state index contributed by atoms with van der Waals surface area (Å²) in [4.78, 5) is 16.0. The van der Waals surface area contributed by atoms with Crippen molar-refractivity contribution in [3.63, 3.8) is 0 Å². The van der Waals surface area contributed by atoms with Gasteiger partial charge in [0.25, 0.3) is 0 Å². The first kappa shape index (κ1) is 11.5. The van der Waals surface area contributed by atoms with Gasteiger partial charge in [0.15, 0.2) is 0 Å². The van der Waals surface area contributed by atoms with Crippen molar-refractivity contribution in [3.05, 3.63) is 43.0 Å². The molecule has 1 amide bonds. The zero-order valence-corrected chi connectivity index (χ0v) is 10.2. The summed E-state index contributed by atoms with van der Waals surface area (Å²) >= 11 is 0. The topological polar surface area (TPSA) is 75.6 Å². The Hall–Kier alpha value is -2.63. The van der Waals surface area contributed by atoms with Crippen LogP contribution in [0.4, 0.5) is 5.69 Å². The highest BCUT2D eigenvalue weighted by Gasteiger charge is 2.06. The quantitative estimate of drug-likeness (QED) is 0.746. The van der Waals surface area contributed by atoms with Crippen LogP contribution < -0.4 is 5.32 Å². The largest absolute Gasteiger partial charge is 0.330 e. The first-order chi connectivity index (χ1) is 9.33. The van der Waals surface area contributed by atoms with Gasteiger partial charge in [-0.25, -0.2) is 4.98 Å². The summed E-state index contributed by atoms with van der Waals surface area (Å²) in [7, 11) is 0. The number of imidazole rings is 1. The highest BCUT2D eigenvalue weighted by atomic mass is 16.1. The fourth-order valence-electron chi connectivity index (χ4n) is 1.95. The Balaban J connectivity index is 1.64. The maximum Gasteiger partial charge on any atom is 0.226 e. The average Bonchev–Trinajstić information content (AvgIpc) is 3.05. The predicted molar refractivity (Wildman–Crippen MR) is 71.6 cm³/mol. The van der Waals surface area contributed by atoms with Crippen LogP contribution in [0.25, 0.3) is 11.0 Å². The number of para-hydroxylation sites is 2.